The van der Waals surface area contributed by atoms with Gasteiger partial charge in [-0.25, -0.2) is 9.97 Å². The lowest BCUT2D eigenvalue weighted by Gasteiger charge is -2.28. The van der Waals surface area contributed by atoms with Gasteiger partial charge in [-0.1, -0.05) is 11.6 Å². The van der Waals surface area contributed by atoms with Crippen LogP contribution in [0.5, 0.6) is 0 Å². The van der Waals surface area contributed by atoms with Crippen LogP contribution in [0.4, 0.5) is 5.82 Å². The van der Waals surface area contributed by atoms with E-state index in [0.717, 1.165) is 18.3 Å². The van der Waals surface area contributed by atoms with Gasteiger partial charge in [-0.2, -0.15) is 0 Å². The maximum atomic E-state index is 5.90. The summed E-state index contributed by atoms with van der Waals surface area (Å²) in [4.78, 5) is 10.8. The first-order valence-electron chi connectivity index (χ1n) is 6.57. The zero-order chi connectivity index (χ0) is 13.0. The zero-order valence-corrected chi connectivity index (χ0v) is 11.9. The maximum absolute atomic E-state index is 5.90. The van der Waals surface area contributed by atoms with Crippen molar-refractivity contribution in [3.63, 3.8) is 0 Å². The molecule has 1 aromatic heterocycles. The summed E-state index contributed by atoms with van der Waals surface area (Å²) in [5, 5.41) is 3.84. The maximum Gasteiger partial charge on any atom is 0.134 e. The largest absolute Gasteiger partial charge is 0.370 e. The number of nitrogens with one attached hydrogen (secondary N) is 1. The summed E-state index contributed by atoms with van der Waals surface area (Å²) in [7, 11) is 2.19. The molecule has 1 aromatic rings. The molecule has 0 radical (unpaired) electrons. The quantitative estimate of drug-likeness (QED) is 0.853. The first-order valence-corrected chi connectivity index (χ1v) is 6.95. The first-order chi connectivity index (χ1) is 8.63. The highest BCUT2D eigenvalue weighted by molar-refractivity contribution is 6.29. The van der Waals surface area contributed by atoms with Gasteiger partial charge in [0, 0.05) is 12.6 Å². The van der Waals surface area contributed by atoms with Gasteiger partial charge in [0.25, 0.3) is 0 Å². The van der Waals surface area contributed by atoms with E-state index in [-0.39, 0.29) is 0 Å². The van der Waals surface area contributed by atoms with Gasteiger partial charge in [-0.05, 0) is 52.2 Å². The molecule has 4 nitrogen and oxygen atoms in total. The number of nitrogens with zero attached hydrogens (tertiary/aromatic N) is 3. The SMILES string of the molecule is Cc1nc(Cl)cc(NCCC2CCN(C)CC2)n1. The zero-order valence-electron chi connectivity index (χ0n) is 11.1. The van der Waals surface area contributed by atoms with Crippen LogP contribution >= 0.6 is 11.6 Å². The van der Waals surface area contributed by atoms with Crippen LogP contribution in [-0.2, 0) is 0 Å². The Labute approximate surface area is 114 Å². The normalized spacial score (nSPS) is 17.9. The Morgan fingerprint density at radius 3 is 2.78 bits per heavy atom. The van der Waals surface area contributed by atoms with Gasteiger partial charge in [-0.15, -0.1) is 0 Å². The van der Waals surface area contributed by atoms with Gasteiger partial charge in [0.1, 0.15) is 16.8 Å². The molecular weight excluding hydrogens is 248 g/mol. The number of aromatic nitrogens is 2. The fourth-order valence-electron chi connectivity index (χ4n) is 2.38. The predicted molar refractivity (Wildman–Crippen MR) is 75.1 cm³/mol. The molecule has 2 rings (SSSR count). The Bertz CT molecular complexity index is 368. The van der Waals surface area contributed by atoms with Crippen LogP contribution in [0.2, 0.25) is 5.15 Å². The highest BCUT2D eigenvalue weighted by Gasteiger charge is 2.15. The van der Waals surface area contributed by atoms with Crippen molar-refractivity contribution < 1.29 is 0 Å². The molecule has 2 heterocycles. The third kappa shape index (κ3) is 4.10. The summed E-state index contributed by atoms with van der Waals surface area (Å²) in [6, 6.07) is 1.78. The molecule has 0 aromatic carbocycles. The fourth-order valence-corrected chi connectivity index (χ4v) is 2.60. The molecule has 1 fully saturated rings. The molecule has 1 saturated heterocycles. The van der Waals surface area contributed by atoms with E-state index in [9.17, 15) is 0 Å². The van der Waals surface area contributed by atoms with Crippen LogP contribution in [0.25, 0.3) is 0 Å². The molecular formula is C13H21ClN4. The van der Waals surface area contributed by atoms with Crippen molar-refractivity contribution in [2.24, 2.45) is 5.92 Å². The van der Waals surface area contributed by atoms with E-state index >= 15 is 0 Å². The van der Waals surface area contributed by atoms with Crippen LogP contribution in [0, 0.1) is 12.8 Å². The summed E-state index contributed by atoms with van der Waals surface area (Å²) >= 11 is 5.90. The van der Waals surface area contributed by atoms with Gasteiger partial charge >= 0.3 is 0 Å². The van der Waals surface area contributed by atoms with E-state index in [4.69, 9.17) is 11.6 Å². The topological polar surface area (TPSA) is 41.1 Å². The lowest BCUT2D eigenvalue weighted by Crippen LogP contribution is -2.30. The van der Waals surface area contributed by atoms with Crippen molar-refractivity contribution in [3.05, 3.63) is 17.0 Å². The van der Waals surface area contributed by atoms with E-state index in [1.165, 1.54) is 32.4 Å². The molecule has 1 aliphatic heterocycles. The van der Waals surface area contributed by atoms with Crippen LogP contribution in [-0.4, -0.2) is 41.5 Å². The molecule has 100 valence electrons. The van der Waals surface area contributed by atoms with Crippen molar-refractivity contribution >= 4 is 17.4 Å². The molecule has 0 unspecified atom stereocenters. The minimum Gasteiger partial charge on any atom is -0.370 e. The Morgan fingerprint density at radius 1 is 1.39 bits per heavy atom. The summed E-state index contributed by atoms with van der Waals surface area (Å²) in [5.41, 5.74) is 0. The van der Waals surface area contributed by atoms with Gasteiger partial charge in [0.05, 0.1) is 0 Å². The van der Waals surface area contributed by atoms with E-state index in [2.05, 4.69) is 27.2 Å². The number of piperidine rings is 1. The number of hydrogen-bond acceptors (Lipinski definition) is 4. The van der Waals surface area contributed by atoms with Crippen LogP contribution in [0.15, 0.2) is 6.07 Å². The molecule has 5 heteroatoms. The van der Waals surface area contributed by atoms with E-state index < -0.39 is 0 Å². The average molecular weight is 269 g/mol. The standard InChI is InChI=1S/C13H21ClN4/c1-10-16-12(14)9-13(17-10)15-6-3-11-4-7-18(2)8-5-11/h9,11H,3-8H2,1-2H3,(H,15,16,17). The highest BCUT2D eigenvalue weighted by atomic mass is 35.5. The Morgan fingerprint density at radius 2 is 2.11 bits per heavy atom. The molecule has 0 spiro atoms. The number of aryl methyl sites for hydroxylation is 1. The molecule has 0 aliphatic carbocycles. The monoisotopic (exact) mass is 268 g/mol. The minimum absolute atomic E-state index is 0.504. The summed E-state index contributed by atoms with van der Waals surface area (Å²) < 4.78 is 0. The van der Waals surface area contributed by atoms with Crippen molar-refractivity contribution in [2.45, 2.75) is 26.2 Å². The minimum atomic E-state index is 0.504. The van der Waals surface area contributed by atoms with Crippen molar-refractivity contribution in [3.8, 4) is 0 Å². The Balaban J connectivity index is 1.74. The van der Waals surface area contributed by atoms with Crippen LogP contribution < -0.4 is 5.32 Å². The second kappa shape index (κ2) is 6.34. The van der Waals surface area contributed by atoms with Crippen molar-refractivity contribution in [1.82, 2.24) is 14.9 Å². The Hall–Kier alpha value is -0.870. The number of halogens is 1. The lowest BCUT2D eigenvalue weighted by atomic mass is 9.94. The lowest BCUT2D eigenvalue weighted by molar-refractivity contribution is 0.215. The van der Waals surface area contributed by atoms with Gasteiger partial charge in [0.2, 0.25) is 0 Å². The average Bonchev–Trinajstić information content (AvgIpc) is 2.30. The number of likely N-dealkylation sites (tertiary alicyclic amines) is 1. The van der Waals surface area contributed by atoms with E-state index in [1.807, 2.05) is 6.92 Å². The van der Waals surface area contributed by atoms with Gasteiger partial charge in [0.15, 0.2) is 0 Å². The second-order valence-corrected chi connectivity index (χ2v) is 5.47. The molecule has 0 amide bonds. The number of rotatable bonds is 4. The van der Waals surface area contributed by atoms with Crippen LogP contribution in [0.3, 0.4) is 0 Å². The second-order valence-electron chi connectivity index (χ2n) is 5.09. The molecule has 1 aliphatic rings. The number of anilines is 1. The summed E-state index contributed by atoms with van der Waals surface area (Å²) in [6.45, 7) is 5.27. The Kier molecular flexibility index (Phi) is 4.78. The third-order valence-electron chi connectivity index (χ3n) is 3.50. The third-order valence-corrected chi connectivity index (χ3v) is 3.70. The van der Waals surface area contributed by atoms with E-state index in [1.54, 1.807) is 6.07 Å². The molecule has 18 heavy (non-hydrogen) atoms. The smallest absolute Gasteiger partial charge is 0.134 e. The van der Waals surface area contributed by atoms with Crippen molar-refractivity contribution in [1.29, 1.82) is 0 Å². The first kappa shape index (κ1) is 13.6. The van der Waals surface area contributed by atoms with Crippen molar-refractivity contribution in [2.75, 3.05) is 32.0 Å². The van der Waals surface area contributed by atoms with Crippen LogP contribution in [0.1, 0.15) is 25.1 Å². The molecule has 0 saturated carbocycles. The van der Waals surface area contributed by atoms with Gasteiger partial charge < -0.3 is 10.2 Å². The molecule has 1 N–H and O–H groups in total. The molecule has 0 atom stereocenters. The molecule has 0 bridgehead atoms. The summed E-state index contributed by atoms with van der Waals surface area (Å²) in [6.07, 6.45) is 3.82. The highest BCUT2D eigenvalue weighted by Crippen LogP contribution is 2.19. The fraction of sp³-hybridized carbons (Fsp3) is 0.692. The number of hydrogen-bond donors (Lipinski definition) is 1. The predicted octanol–water partition coefficient (Wildman–Crippen LogP) is 2.58. The summed E-state index contributed by atoms with van der Waals surface area (Å²) in [5.74, 6) is 2.39. The van der Waals surface area contributed by atoms with Gasteiger partial charge in [-0.3, -0.25) is 0 Å². The van der Waals surface area contributed by atoms with E-state index in [0.29, 0.717) is 11.0 Å².